The second-order valence-electron chi connectivity index (χ2n) is 3.89. The van der Waals surface area contributed by atoms with Gasteiger partial charge >= 0.3 is 0 Å². The summed E-state index contributed by atoms with van der Waals surface area (Å²) in [6.07, 6.45) is 0.494. The van der Waals surface area contributed by atoms with Gasteiger partial charge in [-0.3, -0.25) is 0 Å². The number of hydrogen-bond donors (Lipinski definition) is 2. The summed E-state index contributed by atoms with van der Waals surface area (Å²) in [5.74, 6) is 0.275. The molecule has 3 nitrogen and oxygen atoms in total. The maximum Gasteiger partial charge on any atom is 0.0811 e. The third-order valence-electron chi connectivity index (χ3n) is 2.72. The van der Waals surface area contributed by atoms with Gasteiger partial charge in [-0.1, -0.05) is 0 Å². The van der Waals surface area contributed by atoms with Crippen molar-refractivity contribution in [1.82, 2.24) is 4.90 Å². The van der Waals surface area contributed by atoms with Crippen LogP contribution in [0.15, 0.2) is 0 Å². The first kappa shape index (κ1) is 9.96. The van der Waals surface area contributed by atoms with Crippen molar-refractivity contribution >= 4 is 0 Å². The zero-order valence-corrected chi connectivity index (χ0v) is 7.90. The summed E-state index contributed by atoms with van der Waals surface area (Å²) in [6.45, 7) is 6.21. The van der Waals surface area contributed by atoms with Crippen LogP contribution in [-0.2, 0) is 0 Å². The molecule has 0 aromatic rings. The van der Waals surface area contributed by atoms with Gasteiger partial charge in [0.25, 0.3) is 0 Å². The van der Waals surface area contributed by atoms with Gasteiger partial charge in [0.2, 0.25) is 0 Å². The Labute approximate surface area is 74.0 Å². The molecule has 2 N–H and O–H groups in total. The van der Waals surface area contributed by atoms with Gasteiger partial charge in [-0.15, -0.1) is 0 Å². The van der Waals surface area contributed by atoms with Crippen molar-refractivity contribution in [3.8, 4) is 0 Å². The predicted molar refractivity (Wildman–Crippen MR) is 47.9 cm³/mol. The lowest BCUT2D eigenvalue weighted by Crippen LogP contribution is -2.31. The Morgan fingerprint density at radius 2 is 2.17 bits per heavy atom. The Kier molecular flexibility index (Phi) is 3.50. The highest BCUT2D eigenvalue weighted by molar-refractivity contribution is 4.81. The van der Waals surface area contributed by atoms with Crippen LogP contribution < -0.4 is 0 Å². The highest BCUT2D eigenvalue weighted by Gasteiger charge is 2.28. The van der Waals surface area contributed by atoms with E-state index in [2.05, 4.69) is 18.7 Å². The number of likely N-dealkylation sites (tertiary alicyclic amines) is 1. The quantitative estimate of drug-likeness (QED) is 0.635. The standard InChI is InChI=1S/C9H19NO2/c1-7(2)10-4-3-8(5-10)9(12)6-11/h7-9,11-12H,3-6H2,1-2H3. The van der Waals surface area contributed by atoms with Crippen molar-refractivity contribution < 1.29 is 10.2 Å². The smallest absolute Gasteiger partial charge is 0.0811 e. The van der Waals surface area contributed by atoms with E-state index < -0.39 is 6.10 Å². The SMILES string of the molecule is CC(C)N1CCC(C(O)CO)C1. The van der Waals surface area contributed by atoms with Gasteiger partial charge in [-0.05, 0) is 26.8 Å². The Morgan fingerprint density at radius 1 is 1.50 bits per heavy atom. The van der Waals surface area contributed by atoms with Crippen LogP contribution in [0.5, 0.6) is 0 Å². The van der Waals surface area contributed by atoms with Crippen LogP contribution in [0.1, 0.15) is 20.3 Å². The molecule has 0 amide bonds. The van der Waals surface area contributed by atoms with Crippen molar-refractivity contribution in [3.63, 3.8) is 0 Å². The minimum absolute atomic E-state index is 0.101. The van der Waals surface area contributed by atoms with E-state index in [1.165, 1.54) is 0 Å². The normalized spacial score (nSPS) is 28.2. The molecule has 0 bridgehead atoms. The van der Waals surface area contributed by atoms with Crippen LogP contribution in [0, 0.1) is 5.92 Å². The summed E-state index contributed by atoms with van der Waals surface area (Å²) in [7, 11) is 0. The maximum atomic E-state index is 9.38. The fourth-order valence-electron chi connectivity index (χ4n) is 1.75. The second-order valence-corrected chi connectivity index (χ2v) is 3.89. The minimum atomic E-state index is -0.520. The summed E-state index contributed by atoms with van der Waals surface area (Å²) in [5, 5.41) is 18.1. The number of aliphatic hydroxyl groups excluding tert-OH is 2. The Balaban J connectivity index is 2.35. The maximum absolute atomic E-state index is 9.38. The van der Waals surface area contributed by atoms with Gasteiger partial charge in [-0.25, -0.2) is 0 Å². The van der Waals surface area contributed by atoms with E-state index in [1.54, 1.807) is 0 Å². The van der Waals surface area contributed by atoms with Crippen LogP contribution in [0.3, 0.4) is 0 Å². The number of nitrogens with zero attached hydrogens (tertiary/aromatic N) is 1. The average molecular weight is 173 g/mol. The van der Waals surface area contributed by atoms with Gasteiger partial charge in [0.15, 0.2) is 0 Å². The zero-order valence-electron chi connectivity index (χ0n) is 7.90. The predicted octanol–water partition coefficient (Wildman–Crippen LogP) is 0.0699. The van der Waals surface area contributed by atoms with Crippen LogP contribution in [0.2, 0.25) is 0 Å². The van der Waals surface area contributed by atoms with E-state index in [1.807, 2.05) is 0 Å². The first-order valence-electron chi connectivity index (χ1n) is 4.68. The van der Waals surface area contributed by atoms with E-state index in [0.29, 0.717) is 6.04 Å². The second kappa shape index (κ2) is 4.21. The molecule has 2 atom stereocenters. The van der Waals surface area contributed by atoms with Crippen LogP contribution in [-0.4, -0.2) is 47.0 Å². The summed E-state index contributed by atoms with van der Waals surface area (Å²) >= 11 is 0. The average Bonchev–Trinajstić information content (AvgIpc) is 2.51. The largest absolute Gasteiger partial charge is 0.394 e. The minimum Gasteiger partial charge on any atom is -0.394 e. The number of aliphatic hydroxyl groups is 2. The molecule has 0 aromatic carbocycles. The highest BCUT2D eigenvalue weighted by Crippen LogP contribution is 2.21. The van der Waals surface area contributed by atoms with Gasteiger partial charge in [-0.2, -0.15) is 0 Å². The van der Waals surface area contributed by atoms with Crippen molar-refractivity contribution in [2.24, 2.45) is 5.92 Å². The molecule has 0 radical (unpaired) electrons. The number of rotatable bonds is 3. The van der Waals surface area contributed by atoms with Gasteiger partial charge < -0.3 is 15.1 Å². The molecule has 0 saturated carbocycles. The molecule has 0 aliphatic carbocycles. The summed E-state index contributed by atoms with van der Waals surface area (Å²) in [4.78, 5) is 2.34. The van der Waals surface area contributed by atoms with E-state index in [9.17, 15) is 5.11 Å². The van der Waals surface area contributed by atoms with Crippen molar-refractivity contribution in [1.29, 1.82) is 0 Å². The fourth-order valence-corrected chi connectivity index (χ4v) is 1.75. The Hall–Kier alpha value is -0.120. The first-order chi connectivity index (χ1) is 5.65. The molecule has 72 valence electrons. The third kappa shape index (κ3) is 2.19. The van der Waals surface area contributed by atoms with Crippen LogP contribution >= 0.6 is 0 Å². The molecular weight excluding hydrogens is 154 g/mol. The first-order valence-corrected chi connectivity index (χ1v) is 4.68. The molecule has 12 heavy (non-hydrogen) atoms. The van der Waals surface area contributed by atoms with E-state index >= 15 is 0 Å². The molecule has 1 heterocycles. The topological polar surface area (TPSA) is 43.7 Å². The lowest BCUT2D eigenvalue weighted by Gasteiger charge is -2.21. The van der Waals surface area contributed by atoms with E-state index in [-0.39, 0.29) is 12.5 Å². The summed E-state index contributed by atoms with van der Waals surface area (Å²) < 4.78 is 0. The molecule has 1 aliphatic rings. The van der Waals surface area contributed by atoms with Crippen LogP contribution in [0.25, 0.3) is 0 Å². The van der Waals surface area contributed by atoms with E-state index in [0.717, 1.165) is 19.5 Å². The fraction of sp³-hybridized carbons (Fsp3) is 1.00. The lowest BCUT2D eigenvalue weighted by molar-refractivity contribution is 0.0487. The molecule has 1 fully saturated rings. The lowest BCUT2D eigenvalue weighted by atomic mass is 10.0. The summed E-state index contributed by atoms with van der Waals surface area (Å²) in [5.41, 5.74) is 0. The molecule has 2 unspecified atom stereocenters. The van der Waals surface area contributed by atoms with Gasteiger partial charge in [0.1, 0.15) is 0 Å². The molecule has 0 aromatic heterocycles. The number of hydrogen-bond acceptors (Lipinski definition) is 3. The van der Waals surface area contributed by atoms with Gasteiger partial charge in [0.05, 0.1) is 12.7 Å². The monoisotopic (exact) mass is 173 g/mol. The third-order valence-corrected chi connectivity index (χ3v) is 2.72. The summed E-state index contributed by atoms with van der Waals surface area (Å²) in [6, 6.07) is 0.556. The molecule has 1 rings (SSSR count). The van der Waals surface area contributed by atoms with Crippen molar-refractivity contribution in [2.45, 2.75) is 32.4 Å². The van der Waals surface area contributed by atoms with Gasteiger partial charge in [0, 0.05) is 18.5 Å². The molecule has 0 spiro atoms. The zero-order chi connectivity index (χ0) is 9.14. The Bertz CT molecular complexity index is 138. The van der Waals surface area contributed by atoms with E-state index in [4.69, 9.17) is 5.11 Å². The molecular formula is C9H19NO2. The molecule has 3 heteroatoms. The molecule has 1 aliphatic heterocycles. The molecule has 1 saturated heterocycles. The highest BCUT2D eigenvalue weighted by atomic mass is 16.3. The van der Waals surface area contributed by atoms with Crippen LogP contribution in [0.4, 0.5) is 0 Å². The Morgan fingerprint density at radius 3 is 2.58 bits per heavy atom. The van der Waals surface area contributed by atoms with Crippen molar-refractivity contribution in [3.05, 3.63) is 0 Å². The van der Waals surface area contributed by atoms with Crippen molar-refractivity contribution in [2.75, 3.05) is 19.7 Å².